The maximum Gasteiger partial charge on any atom is 0.419 e. The Labute approximate surface area is 137 Å². The third-order valence-electron chi connectivity index (χ3n) is 4.17. The molecule has 1 aliphatic heterocycles. The lowest BCUT2D eigenvalue weighted by Gasteiger charge is -2.37. The molecule has 8 heteroatoms. The first-order valence-electron chi connectivity index (χ1n) is 7.53. The quantitative estimate of drug-likeness (QED) is 0.911. The monoisotopic (exact) mass is 345 g/mol. The van der Waals surface area contributed by atoms with Crippen molar-refractivity contribution in [3.63, 3.8) is 0 Å². The Balaban J connectivity index is 2.05. The fourth-order valence-corrected chi connectivity index (χ4v) is 2.87. The number of carboxylic acids is 1. The van der Waals surface area contributed by atoms with Crippen LogP contribution >= 0.6 is 0 Å². The molecule has 1 N–H and O–H groups in total. The van der Waals surface area contributed by atoms with Crippen LogP contribution in [0.5, 0.6) is 5.75 Å². The Bertz CT molecular complexity index is 618. The van der Waals surface area contributed by atoms with E-state index >= 15 is 0 Å². The number of nitrogens with zero attached hydrogens (tertiary/aromatic N) is 1. The van der Waals surface area contributed by atoms with E-state index in [0.29, 0.717) is 19.4 Å². The van der Waals surface area contributed by atoms with Crippen molar-refractivity contribution >= 4 is 11.9 Å². The molecule has 1 aliphatic rings. The summed E-state index contributed by atoms with van der Waals surface area (Å²) in [4.78, 5) is 24.8. The zero-order chi connectivity index (χ0) is 17.9. The number of benzene rings is 1. The predicted octanol–water partition coefficient (Wildman–Crippen LogP) is 2.80. The van der Waals surface area contributed by atoms with Crippen molar-refractivity contribution < 1.29 is 32.6 Å². The molecule has 0 unspecified atom stereocenters. The van der Waals surface area contributed by atoms with Crippen LogP contribution < -0.4 is 4.74 Å². The van der Waals surface area contributed by atoms with E-state index in [9.17, 15) is 22.8 Å². The van der Waals surface area contributed by atoms with E-state index in [0.717, 1.165) is 12.1 Å². The highest BCUT2D eigenvalue weighted by Gasteiger charge is 2.36. The lowest BCUT2D eigenvalue weighted by Crippen LogP contribution is -2.50. The van der Waals surface area contributed by atoms with Gasteiger partial charge in [-0.05, 0) is 31.9 Å². The number of carbonyl (C=O) groups excluding carboxylic acids is 1. The second-order valence-corrected chi connectivity index (χ2v) is 5.70. The number of hydrogen-bond donors (Lipinski definition) is 1. The minimum atomic E-state index is -4.58. The molecular formula is C16H18F3NO4. The van der Waals surface area contributed by atoms with Crippen LogP contribution in [0.4, 0.5) is 13.2 Å². The van der Waals surface area contributed by atoms with Crippen LogP contribution in [0, 0.1) is 5.92 Å². The molecule has 2 atom stereocenters. The topological polar surface area (TPSA) is 66.8 Å². The molecule has 2 rings (SSSR count). The summed E-state index contributed by atoms with van der Waals surface area (Å²) < 4.78 is 43.7. The van der Waals surface area contributed by atoms with Gasteiger partial charge >= 0.3 is 12.1 Å². The largest absolute Gasteiger partial charge is 0.483 e. The van der Waals surface area contributed by atoms with Crippen molar-refractivity contribution in [2.45, 2.75) is 32.0 Å². The van der Waals surface area contributed by atoms with Gasteiger partial charge in [0.1, 0.15) is 5.75 Å². The number of rotatable bonds is 4. The molecule has 1 aromatic rings. The van der Waals surface area contributed by atoms with Gasteiger partial charge in [-0.25, -0.2) is 0 Å². The van der Waals surface area contributed by atoms with E-state index in [1.807, 2.05) is 0 Å². The van der Waals surface area contributed by atoms with Crippen molar-refractivity contribution in [3.05, 3.63) is 29.8 Å². The van der Waals surface area contributed by atoms with E-state index in [1.54, 1.807) is 6.92 Å². The molecule has 1 fully saturated rings. The van der Waals surface area contributed by atoms with Gasteiger partial charge in [-0.2, -0.15) is 13.2 Å². The number of para-hydroxylation sites is 1. The predicted molar refractivity (Wildman–Crippen MR) is 78.5 cm³/mol. The fraction of sp³-hybridized carbons (Fsp3) is 0.500. The second kappa shape index (κ2) is 7.11. The Hall–Kier alpha value is -2.25. The first kappa shape index (κ1) is 18.1. The molecule has 132 valence electrons. The maximum absolute atomic E-state index is 12.9. The van der Waals surface area contributed by atoms with Gasteiger partial charge in [0, 0.05) is 12.6 Å². The number of carbonyl (C=O) groups is 2. The molecule has 0 saturated carbocycles. The minimum Gasteiger partial charge on any atom is -0.483 e. The van der Waals surface area contributed by atoms with Crippen molar-refractivity contribution in [2.75, 3.05) is 13.2 Å². The number of amides is 1. The van der Waals surface area contributed by atoms with E-state index < -0.39 is 47.9 Å². The molecular weight excluding hydrogens is 327 g/mol. The van der Waals surface area contributed by atoms with Crippen molar-refractivity contribution in [1.82, 2.24) is 4.90 Å². The normalized spacial score (nSPS) is 21.4. The molecule has 0 aliphatic carbocycles. The zero-order valence-corrected chi connectivity index (χ0v) is 13.0. The number of halogens is 3. The summed E-state index contributed by atoms with van der Waals surface area (Å²) in [6.07, 6.45) is -3.57. The molecule has 1 aromatic carbocycles. The average Bonchev–Trinajstić information content (AvgIpc) is 2.52. The molecule has 1 amide bonds. The highest BCUT2D eigenvalue weighted by Crippen LogP contribution is 2.36. The van der Waals surface area contributed by atoms with E-state index in [2.05, 4.69) is 0 Å². The fourth-order valence-electron chi connectivity index (χ4n) is 2.87. The molecule has 24 heavy (non-hydrogen) atoms. The van der Waals surface area contributed by atoms with Crippen LogP contribution in [0.25, 0.3) is 0 Å². The SMILES string of the molecule is C[C@@H]1[C@H](C(=O)O)CCCN1C(=O)COc1ccccc1C(F)(F)F. The molecule has 0 bridgehead atoms. The summed E-state index contributed by atoms with van der Waals surface area (Å²) in [5.41, 5.74) is -0.951. The van der Waals surface area contributed by atoms with Crippen LogP contribution in [-0.4, -0.2) is 41.1 Å². The minimum absolute atomic E-state index is 0.369. The molecule has 1 heterocycles. The number of ether oxygens (including phenoxy) is 1. The smallest absolute Gasteiger partial charge is 0.419 e. The van der Waals surface area contributed by atoms with Crippen LogP contribution in [-0.2, 0) is 15.8 Å². The van der Waals surface area contributed by atoms with Crippen molar-refractivity contribution in [2.24, 2.45) is 5.92 Å². The summed E-state index contributed by atoms with van der Waals surface area (Å²) in [6, 6.07) is 4.13. The van der Waals surface area contributed by atoms with Gasteiger partial charge in [0.05, 0.1) is 11.5 Å². The van der Waals surface area contributed by atoms with Crippen molar-refractivity contribution in [1.29, 1.82) is 0 Å². The Morgan fingerprint density at radius 3 is 2.62 bits per heavy atom. The standard InChI is InChI=1S/C16H18F3NO4/c1-10-11(15(22)23)5-4-8-20(10)14(21)9-24-13-7-3-2-6-12(13)16(17,18)19/h2-3,6-7,10-11H,4-5,8-9H2,1H3,(H,22,23)/t10-,11-/m1/s1. The molecule has 5 nitrogen and oxygen atoms in total. The number of carboxylic acid groups (broad SMARTS) is 1. The number of aliphatic carboxylic acids is 1. The average molecular weight is 345 g/mol. The van der Waals surface area contributed by atoms with Gasteiger partial charge in [-0.15, -0.1) is 0 Å². The Morgan fingerprint density at radius 2 is 2.00 bits per heavy atom. The van der Waals surface area contributed by atoms with Gasteiger partial charge in [-0.3, -0.25) is 9.59 Å². The Morgan fingerprint density at radius 1 is 1.33 bits per heavy atom. The van der Waals surface area contributed by atoms with Crippen LogP contribution in [0.3, 0.4) is 0 Å². The number of likely N-dealkylation sites (tertiary alicyclic amines) is 1. The highest BCUT2D eigenvalue weighted by molar-refractivity contribution is 5.80. The first-order chi connectivity index (χ1) is 11.2. The second-order valence-electron chi connectivity index (χ2n) is 5.70. The molecule has 0 spiro atoms. The van der Waals surface area contributed by atoms with Gasteiger partial charge in [0.2, 0.25) is 0 Å². The maximum atomic E-state index is 12.9. The third-order valence-corrected chi connectivity index (χ3v) is 4.17. The highest BCUT2D eigenvalue weighted by atomic mass is 19.4. The summed E-state index contributed by atoms with van der Waals surface area (Å²) in [5, 5.41) is 9.15. The first-order valence-corrected chi connectivity index (χ1v) is 7.53. The number of alkyl halides is 3. The van der Waals surface area contributed by atoms with Crippen molar-refractivity contribution in [3.8, 4) is 5.75 Å². The van der Waals surface area contributed by atoms with Crippen LogP contribution in [0.1, 0.15) is 25.3 Å². The van der Waals surface area contributed by atoms with Gasteiger partial charge in [-0.1, -0.05) is 12.1 Å². The number of hydrogen-bond acceptors (Lipinski definition) is 3. The van der Waals surface area contributed by atoms with Crippen LogP contribution in [0.2, 0.25) is 0 Å². The van der Waals surface area contributed by atoms with Gasteiger partial charge in [0.25, 0.3) is 5.91 Å². The lowest BCUT2D eigenvalue weighted by atomic mass is 9.90. The summed E-state index contributed by atoms with van der Waals surface area (Å²) >= 11 is 0. The summed E-state index contributed by atoms with van der Waals surface area (Å²) in [5.74, 6) is -2.60. The summed E-state index contributed by atoms with van der Waals surface area (Å²) in [6.45, 7) is 1.43. The van der Waals surface area contributed by atoms with E-state index in [4.69, 9.17) is 9.84 Å². The zero-order valence-electron chi connectivity index (χ0n) is 13.0. The lowest BCUT2D eigenvalue weighted by molar-refractivity contribution is -0.150. The van der Waals surface area contributed by atoms with E-state index in [1.165, 1.54) is 17.0 Å². The van der Waals surface area contributed by atoms with Gasteiger partial charge in [0.15, 0.2) is 6.61 Å². The van der Waals surface area contributed by atoms with Crippen LogP contribution in [0.15, 0.2) is 24.3 Å². The summed E-state index contributed by atoms with van der Waals surface area (Å²) in [7, 11) is 0. The molecule has 0 radical (unpaired) electrons. The number of piperidine rings is 1. The van der Waals surface area contributed by atoms with E-state index in [-0.39, 0.29) is 0 Å². The third kappa shape index (κ3) is 3.98. The van der Waals surface area contributed by atoms with Gasteiger partial charge < -0.3 is 14.7 Å². The Kier molecular flexibility index (Phi) is 5.36. The molecule has 1 saturated heterocycles. The molecule has 0 aromatic heterocycles.